The van der Waals surface area contributed by atoms with Crippen molar-refractivity contribution in [1.82, 2.24) is 0 Å². The molecule has 0 bridgehead atoms. The Labute approximate surface area is 181 Å². The van der Waals surface area contributed by atoms with Crippen molar-refractivity contribution in [2.45, 2.75) is 45.6 Å². The fourth-order valence-corrected chi connectivity index (χ4v) is 5.89. The minimum Gasteiger partial charge on any atom is -0.478 e. The number of anilines is 1. The SMILES string of the molecule is CSCC(C)N(C(=O)C1CCC(C)CC1)c1sc(-c2ccccc2)cc1C(=O)O. The Bertz CT molecular complexity index is 841. The summed E-state index contributed by atoms with van der Waals surface area (Å²) >= 11 is 3.09. The van der Waals surface area contributed by atoms with Gasteiger partial charge >= 0.3 is 5.97 Å². The van der Waals surface area contributed by atoms with Gasteiger partial charge in [0.05, 0.1) is 5.56 Å². The third kappa shape index (κ3) is 5.04. The highest BCUT2D eigenvalue weighted by atomic mass is 32.2. The molecule has 1 aliphatic rings. The molecule has 1 heterocycles. The lowest BCUT2D eigenvalue weighted by molar-refractivity contribution is -0.123. The molecular formula is C23H29NO3S2. The van der Waals surface area contributed by atoms with Gasteiger partial charge in [-0.1, -0.05) is 37.3 Å². The van der Waals surface area contributed by atoms with E-state index in [0.29, 0.717) is 10.9 Å². The van der Waals surface area contributed by atoms with E-state index in [1.165, 1.54) is 11.3 Å². The van der Waals surface area contributed by atoms with Crippen LogP contribution in [-0.2, 0) is 4.79 Å². The number of benzene rings is 1. The summed E-state index contributed by atoms with van der Waals surface area (Å²) in [6.45, 7) is 4.26. The van der Waals surface area contributed by atoms with Gasteiger partial charge in [-0.25, -0.2) is 4.79 Å². The van der Waals surface area contributed by atoms with Crippen LogP contribution in [0.2, 0.25) is 0 Å². The summed E-state index contributed by atoms with van der Waals surface area (Å²) in [5.74, 6) is 0.524. The molecule has 1 fully saturated rings. The molecule has 4 nitrogen and oxygen atoms in total. The van der Waals surface area contributed by atoms with Crippen molar-refractivity contribution in [2.75, 3.05) is 16.9 Å². The van der Waals surface area contributed by atoms with Gasteiger partial charge in [-0.05, 0) is 56.4 Å². The molecule has 1 aromatic carbocycles. The minimum absolute atomic E-state index is 0.0144. The van der Waals surface area contributed by atoms with E-state index < -0.39 is 5.97 Å². The standard InChI is InChI=1S/C23H29NO3S2/c1-15-9-11-18(12-10-15)21(25)24(16(2)14-28-3)22-19(23(26)27)13-20(29-22)17-7-5-4-6-8-17/h4-8,13,15-16,18H,9-12,14H2,1-3H3,(H,26,27). The number of nitrogens with zero attached hydrogens (tertiary/aromatic N) is 1. The Morgan fingerprint density at radius 2 is 1.86 bits per heavy atom. The molecule has 6 heteroatoms. The van der Waals surface area contributed by atoms with Crippen LogP contribution in [0, 0.1) is 11.8 Å². The van der Waals surface area contributed by atoms with Crippen molar-refractivity contribution in [2.24, 2.45) is 11.8 Å². The molecule has 1 aromatic heterocycles. The maximum Gasteiger partial charge on any atom is 0.338 e. The lowest BCUT2D eigenvalue weighted by atomic mass is 9.82. The summed E-state index contributed by atoms with van der Waals surface area (Å²) in [5, 5.41) is 10.4. The number of rotatable bonds is 7. The Hall–Kier alpha value is -1.79. The summed E-state index contributed by atoms with van der Waals surface area (Å²) in [4.78, 5) is 28.3. The molecule has 1 amide bonds. The van der Waals surface area contributed by atoms with Gasteiger partial charge in [0.2, 0.25) is 5.91 Å². The van der Waals surface area contributed by atoms with Crippen molar-refractivity contribution in [1.29, 1.82) is 0 Å². The van der Waals surface area contributed by atoms with Crippen LogP contribution in [0.4, 0.5) is 5.00 Å². The Morgan fingerprint density at radius 1 is 1.21 bits per heavy atom. The number of amides is 1. The predicted molar refractivity (Wildman–Crippen MR) is 123 cm³/mol. The summed E-state index contributed by atoms with van der Waals surface area (Å²) in [6, 6.07) is 11.4. The molecule has 0 radical (unpaired) electrons. The number of thiophene rings is 1. The molecule has 1 aliphatic carbocycles. The molecule has 1 atom stereocenters. The fourth-order valence-electron chi connectivity index (χ4n) is 4.00. The Morgan fingerprint density at radius 3 is 2.45 bits per heavy atom. The van der Waals surface area contributed by atoms with Crippen LogP contribution in [0.5, 0.6) is 0 Å². The lowest BCUT2D eigenvalue weighted by Crippen LogP contribution is -2.44. The van der Waals surface area contributed by atoms with Gasteiger partial charge in [0.1, 0.15) is 5.00 Å². The fraction of sp³-hybridized carbons (Fsp3) is 0.478. The minimum atomic E-state index is -0.982. The average molecular weight is 432 g/mol. The molecule has 3 rings (SSSR count). The number of carbonyl (C=O) groups excluding carboxylic acids is 1. The van der Waals surface area contributed by atoms with E-state index in [2.05, 4.69) is 6.92 Å². The van der Waals surface area contributed by atoms with Gasteiger partial charge in [-0.15, -0.1) is 11.3 Å². The summed E-state index contributed by atoms with van der Waals surface area (Å²) in [5.41, 5.74) is 1.20. The van der Waals surface area contributed by atoms with E-state index in [-0.39, 0.29) is 23.4 Å². The van der Waals surface area contributed by atoms with Crippen LogP contribution < -0.4 is 4.90 Å². The zero-order chi connectivity index (χ0) is 21.0. The number of carboxylic acid groups (broad SMARTS) is 1. The second kappa shape index (κ2) is 9.81. The number of carbonyl (C=O) groups is 2. The highest BCUT2D eigenvalue weighted by molar-refractivity contribution is 7.98. The van der Waals surface area contributed by atoms with E-state index in [1.54, 1.807) is 22.7 Å². The van der Waals surface area contributed by atoms with Gasteiger partial charge in [0.15, 0.2) is 0 Å². The van der Waals surface area contributed by atoms with Gasteiger partial charge in [-0.3, -0.25) is 9.69 Å². The predicted octanol–water partition coefficient (Wildman–Crippen LogP) is 6.02. The van der Waals surface area contributed by atoms with Crippen LogP contribution >= 0.6 is 23.1 Å². The topological polar surface area (TPSA) is 57.6 Å². The van der Waals surface area contributed by atoms with Crippen LogP contribution in [-0.4, -0.2) is 35.0 Å². The van der Waals surface area contributed by atoms with Crippen LogP contribution in [0.1, 0.15) is 49.9 Å². The zero-order valence-electron chi connectivity index (χ0n) is 17.3. The van der Waals surface area contributed by atoms with E-state index in [1.807, 2.05) is 43.5 Å². The van der Waals surface area contributed by atoms with Gasteiger partial charge in [0.25, 0.3) is 0 Å². The van der Waals surface area contributed by atoms with E-state index in [0.717, 1.165) is 41.9 Å². The lowest BCUT2D eigenvalue weighted by Gasteiger charge is -2.34. The average Bonchev–Trinajstić information content (AvgIpc) is 3.15. The number of hydrogen-bond acceptors (Lipinski definition) is 4. The van der Waals surface area contributed by atoms with Crippen LogP contribution in [0.25, 0.3) is 10.4 Å². The molecule has 0 spiro atoms. The first kappa shape index (κ1) is 21.9. The van der Waals surface area contributed by atoms with Crippen molar-refractivity contribution in [3.63, 3.8) is 0 Å². The quantitative estimate of drug-likeness (QED) is 0.582. The largest absolute Gasteiger partial charge is 0.478 e. The second-order valence-electron chi connectivity index (χ2n) is 7.97. The van der Waals surface area contributed by atoms with Crippen molar-refractivity contribution < 1.29 is 14.7 Å². The van der Waals surface area contributed by atoms with Crippen LogP contribution in [0.15, 0.2) is 36.4 Å². The number of carboxylic acids is 1. The first-order valence-corrected chi connectivity index (χ1v) is 12.4. The number of thioether (sulfide) groups is 1. The van der Waals surface area contributed by atoms with Gasteiger partial charge < -0.3 is 5.11 Å². The van der Waals surface area contributed by atoms with Crippen LogP contribution in [0.3, 0.4) is 0 Å². The van der Waals surface area contributed by atoms with Crippen molar-refractivity contribution >= 4 is 40.0 Å². The van der Waals surface area contributed by atoms with Crippen molar-refractivity contribution in [3.8, 4) is 10.4 Å². The molecule has 1 saturated carbocycles. The molecule has 29 heavy (non-hydrogen) atoms. The molecule has 156 valence electrons. The van der Waals surface area contributed by atoms with E-state index >= 15 is 0 Å². The molecule has 1 N–H and O–H groups in total. The summed E-state index contributed by atoms with van der Waals surface area (Å²) in [6.07, 6.45) is 5.92. The van der Waals surface area contributed by atoms with E-state index in [4.69, 9.17) is 0 Å². The molecule has 1 unspecified atom stereocenters. The van der Waals surface area contributed by atoms with Crippen molar-refractivity contribution in [3.05, 3.63) is 42.0 Å². The molecule has 2 aromatic rings. The maximum absolute atomic E-state index is 13.6. The van der Waals surface area contributed by atoms with E-state index in [9.17, 15) is 14.7 Å². The monoisotopic (exact) mass is 431 g/mol. The number of aromatic carboxylic acids is 1. The molecule has 0 aliphatic heterocycles. The first-order chi connectivity index (χ1) is 13.9. The highest BCUT2D eigenvalue weighted by Crippen LogP contribution is 2.41. The third-order valence-electron chi connectivity index (χ3n) is 5.67. The smallest absolute Gasteiger partial charge is 0.338 e. The van der Waals surface area contributed by atoms with Gasteiger partial charge in [0, 0.05) is 22.6 Å². The zero-order valence-corrected chi connectivity index (χ0v) is 18.9. The van der Waals surface area contributed by atoms with Gasteiger partial charge in [-0.2, -0.15) is 11.8 Å². The Balaban J connectivity index is 2.01. The first-order valence-electron chi connectivity index (χ1n) is 10.2. The summed E-state index contributed by atoms with van der Waals surface area (Å²) in [7, 11) is 0. The normalized spacial score (nSPS) is 20.2. The molecular weight excluding hydrogens is 402 g/mol. The molecule has 0 saturated heterocycles. The maximum atomic E-state index is 13.6. The highest BCUT2D eigenvalue weighted by Gasteiger charge is 2.34. The summed E-state index contributed by atoms with van der Waals surface area (Å²) < 4.78 is 0. The second-order valence-corrected chi connectivity index (χ2v) is 9.91. The third-order valence-corrected chi connectivity index (χ3v) is 7.67. The number of hydrogen-bond donors (Lipinski definition) is 1. The Kier molecular flexibility index (Phi) is 7.41.